The number of hydrogen-bond acceptors (Lipinski definition) is 5. The van der Waals surface area contributed by atoms with Gasteiger partial charge in [0.1, 0.15) is 11.6 Å². The molecule has 3 rings (SSSR count). The maximum atomic E-state index is 13.6. The van der Waals surface area contributed by atoms with Crippen LogP contribution >= 0.6 is 0 Å². The molecule has 2 aromatic heterocycles. The smallest absolute Gasteiger partial charge is 0.305 e. The molecular formula is C18H13FN4O4. The topological polar surface area (TPSA) is 113 Å². The van der Waals surface area contributed by atoms with Gasteiger partial charge in [0.25, 0.3) is 11.8 Å². The Bertz CT molecular complexity index is 989. The van der Waals surface area contributed by atoms with E-state index in [1.165, 1.54) is 54.9 Å². The van der Waals surface area contributed by atoms with E-state index >= 15 is 0 Å². The number of carbonyl (C=O) groups is 3. The quantitative estimate of drug-likeness (QED) is 0.611. The molecule has 3 amide bonds. The first kappa shape index (κ1) is 17.8. The number of carbonyl (C=O) groups excluding carboxylic acids is 3. The minimum atomic E-state index is -0.704. The van der Waals surface area contributed by atoms with Gasteiger partial charge < -0.3 is 9.73 Å². The van der Waals surface area contributed by atoms with Crippen molar-refractivity contribution in [3.63, 3.8) is 0 Å². The van der Waals surface area contributed by atoms with E-state index in [9.17, 15) is 18.8 Å². The number of aromatic nitrogens is 1. The van der Waals surface area contributed by atoms with Crippen molar-refractivity contribution in [1.29, 1.82) is 0 Å². The van der Waals surface area contributed by atoms with E-state index in [1.807, 2.05) is 0 Å². The average molecular weight is 368 g/mol. The molecule has 0 aliphatic carbocycles. The van der Waals surface area contributed by atoms with Gasteiger partial charge in [0.2, 0.25) is 0 Å². The predicted molar refractivity (Wildman–Crippen MR) is 92.2 cm³/mol. The fourth-order valence-corrected chi connectivity index (χ4v) is 2.12. The summed E-state index contributed by atoms with van der Waals surface area (Å²) in [6, 6.07) is 11.1. The summed E-state index contributed by atoms with van der Waals surface area (Å²) in [6.45, 7) is 0. The summed E-state index contributed by atoms with van der Waals surface area (Å²) in [7, 11) is 0. The highest BCUT2D eigenvalue weighted by Crippen LogP contribution is 2.11. The number of furan rings is 1. The van der Waals surface area contributed by atoms with Crippen LogP contribution in [0.5, 0.6) is 0 Å². The highest BCUT2D eigenvalue weighted by molar-refractivity contribution is 6.04. The fraction of sp³-hybridized carbons (Fsp3) is 0. The van der Waals surface area contributed by atoms with Crippen molar-refractivity contribution in [1.82, 2.24) is 15.8 Å². The average Bonchev–Trinajstić information content (AvgIpc) is 3.21. The number of hydrazine groups is 1. The van der Waals surface area contributed by atoms with E-state index in [4.69, 9.17) is 4.42 Å². The maximum absolute atomic E-state index is 13.6. The monoisotopic (exact) mass is 368 g/mol. The normalized spacial score (nSPS) is 10.1. The van der Waals surface area contributed by atoms with Gasteiger partial charge in [0.05, 0.1) is 11.8 Å². The first-order valence-corrected chi connectivity index (χ1v) is 7.71. The minimum absolute atomic E-state index is 0.0304. The van der Waals surface area contributed by atoms with Gasteiger partial charge in [-0.3, -0.25) is 25.2 Å². The second kappa shape index (κ2) is 7.91. The molecule has 27 heavy (non-hydrogen) atoms. The van der Waals surface area contributed by atoms with Gasteiger partial charge in [0.15, 0.2) is 5.76 Å². The molecule has 0 fully saturated rings. The van der Waals surface area contributed by atoms with Gasteiger partial charge in [-0.05, 0) is 36.4 Å². The highest BCUT2D eigenvalue weighted by Gasteiger charge is 2.14. The first-order valence-electron chi connectivity index (χ1n) is 7.71. The summed E-state index contributed by atoms with van der Waals surface area (Å²) in [5, 5.41) is 2.41. The molecule has 2 heterocycles. The summed E-state index contributed by atoms with van der Waals surface area (Å²) in [5.41, 5.74) is 4.36. The lowest BCUT2D eigenvalue weighted by molar-refractivity contribution is 0.0831. The van der Waals surface area contributed by atoms with E-state index in [-0.39, 0.29) is 22.7 Å². The van der Waals surface area contributed by atoms with Gasteiger partial charge in [-0.2, -0.15) is 0 Å². The molecule has 9 heteroatoms. The number of halogens is 1. The minimum Gasteiger partial charge on any atom is -0.459 e. The molecule has 3 N–H and O–H groups in total. The van der Waals surface area contributed by atoms with Gasteiger partial charge in [-0.15, -0.1) is 0 Å². The Hall–Kier alpha value is -4.01. The SMILES string of the molecule is O=C(NNC(=O)c1ccco1)c1ccnc(NC(=O)c2ccccc2F)c1. The Morgan fingerprint density at radius 3 is 2.44 bits per heavy atom. The summed E-state index contributed by atoms with van der Waals surface area (Å²) >= 11 is 0. The van der Waals surface area contributed by atoms with Crippen molar-refractivity contribution >= 4 is 23.5 Å². The van der Waals surface area contributed by atoms with Crippen molar-refractivity contribution in [3.8, 4) is 0 Å². The van der Waals surface area contributed by atoms with Gasteiger partial charge in [-0.25, -0.2) is 9.37 Å². The van der Waals surface area contributed by atoms with Crippen LogP contribution < -0.4 is 16.2 Å². The van der Waals surface area contributed by atoms with Crippen molar-refractivity contribution in [2.24, 2.45) is 0 Å². The summed E-state index contributed by atoms with van der Waals surface area (Å²) in [6.07, 6.45) is 2.62. The zero-order chi connectivity index (χ0) is 19.2. The molecule has 8 nitrogen and oxygen atoms in total. The Morgan fingerprint density at radius 1 is 0.926 bits per heavy atom. The number of amides is 3. The van der Waals surface area contributed by atoms with Crippen LogP contribution in [0.1, 0.15) is 31.3 Å². The Labute approximate surface area is 152 Å². The third-order valence-corrected chi connectivity index (χ3v) is 3.42. The number of benzene rings is 1. The highest BCUT2D eigenvalue weighted by atomic mass is 19.1. The van der Waals surface area contributed by atoms with E-state index in [0.29, 0.717) is 0 Å². The van der Waals surface area contributed by atoms with E-state index in [1.54, 1.807) is 0 Å². The predicted octanol–water partition coefficient (Wildman–Crippen LogP) is 2.14. The number of anilines is 1. The van der Waals surface area contributed by atoms with E-state index < -0.39 is 23.5 Å². The van der Waals surface area contributed by atoms with Crippen molar-refractivity contribution in [2.75, 3.05) is 5.32 Å². The molecule has 3 aromatic rings. The number of pyridine rings is 1. The molecule has 0 saturated heterocycles. The van der Waals surface area contributed by atoms with Crippen molar-refractivity contribution in [2.45, 2.75) is 0 Å². The molecular weight excluding hydrogens is 355 g/mol. The lowest BCUT2D eigenvalue weighted by Crippen LogP contribution is -2.41. The second-order valence-corrected chi connectivity index (χ2v) is 5.25. The van der Waals surface area contributed by atoms with Crippen LogP contribution in [0.4, 0.5) is 10.2 Å². The summed E-state index contributed by atoms with van der Waals surface area (Å²) in [4.78, 5) is 39.9. The molecule has 0 saturated carbocycles. The third-order valence-electron chi connectivity index (χ3n) is 3.42. The lowest BCUT2D eigenvalue weighted by Gasteiger charge is -2.08. The van der Waals surface area contributed by atoms with Crippen LogP contribution in [0.3, 0.4) is 0 Å². The largest absolute Gasteiger partial charge is 0.459 e. The Balaban J connectivity index is 1.64. The van der Waals surface area contributed by atoms with Crippen LogP contribution in [-0.2, 0) is 0 Å². The van der Waals surface area contributed by atoms with Crippen LogP contribution in [0.2, 0.25) is 0 Å². The number of nitrogens with zero attached hydrogens (tertiary/aromatic N) is 1. The number of hydrogen-bond donors (Lipinski definition) is 3. The standard InChI is InChI=1S/C18H13FN4O4/c19-13-5-2-1-4-12(13)17(25)21-15-10-11(7-8-20-15)16(24)22-23-18(26)14-6-3-9-27-14/h1-10H,(H,22,24)(H,23,26)(H,20,21,25). The van der Waals surface area contributed by atoms with Crippen molar-refractivity contribution in [3.05, 3.63) is 83.7 Å². The third kappa shape index (κ3) is 4.34. The van der Waals surface area contributed by atoms with Crippen LogP contribution in [0.25, 0.3) is 0 Å². The number of nitrogens with one attached hydrogen (secondary N) is 3. The maximum Gasteiger partial charge on any atom is 0.305 e. The Kier molecular flexibility index (Phi) is 5.22. The molecule has 0 unspecified atom stereocenters. The van der Waals surface area contributed by atoms with Gasteiger partial charge in [0, 0.05) is 11.8 Å². The molecule has 0 radical (unpaired) electrons. The fourth-order valence-electron chi connectivity index (χ4n) is 2.12. The van der Waals surface area contributed by atoms with Gasteiger partial charge in [-0.1, -0.05) is 12.1 Å². The van der Waals surface area contributed by atoms with Gasteiger partial charge >= 0.3 is 5.91 Å². The summed E-state index contributed by atoms with van der Waals surface area (Å²) < 4.78 is 18.5. The summed E-state index contributed by atoms with van der Waals surface area (Å²) in [5.74, 6) is -2.57. The molecule has 0 aliphatic heterocycles. The molecule has 0 aliphatic rings. The molecule has 0 spiro atoms. The molecule has 136 valence electrons. The first-order chi connectivity index (χ1) is 13.0. The lowest BCUT2D eigenvalue weighted by atomic mass is 10.2. The van der Waals surface area contributed by atoms with Crippen LogP contribution in [0.15, 0.2) is 65.4 Å². The van der Waals surface area contributed by atoms with Crippen LogP contribution in [-0.4, -0.2) is 22.7 Å². The van der Waals surface area contributed by atoms with E-state index in [2.05, 4.69) is 21.2 Å². The molecule has 1 aromatic carbocycles. The molecule has 0 bridgehead atoms. The second-order valence-electron chi connectivity index (χ2n) is 5.25. The van der Waals surface area contributed by atoms with E-state index in [0.717, 1.165) is 6.07 Å². The Morgan fingerprint density at radius 2 is 1.70 bits per heavy atom. The van der Waals surface area contributed by atoms with Crippen molar-refractivity contribution < 1.29 is 23.2 Å². The van der Waals surface area contributed by atoms with Crippen LogP contribution in [0, 0.1) is 5.82 Å². The zero-order valence-corrected chi connectivity index (χ0v) is 13.7. The zero-order valence-electron chi connectivity index (χ0n) is 13.7. The number of rotatable bonds is 4. The molecule has 0 atom stereocenters.